The molecule has 2 N–H and O–H groups in total. The second-order valence-electron chi connectivity index (χ2n) is 6.06. The first-order valence-corrected chi connectivity index (χ1v) is 9.05. The van der Waals surface area contributed by atoms with Crippen LogP contribution in [0.25, 0.3) is 0 Å². The lowest BCUT2D eigenvalue weighted by atomic mass is 10.2. The van der Waals surface area contributed by atoms with Crippen LogP contribution in [0.4, 0.5) is 5.82 Å². The van der Waals surface area contributed by atoms with Gasteiger partial charge in [0.1, 0.15) is 5.82 Å². The zero-order valence-corrected chi connectivity index (χ0v) is 15.1. The number of hydrogen-bond donors (Lipinski definition) is 2. The molecule has 2 amide bonds. The number of carbonyl (C=O) groups is 2. The molecule has 2 aromatic rings. The first kappa shape index (κ1) is 18.2. The number of amides is 2. The van der Waals surface area contributed by atoms with E-state index in [4.69, 9.17) is 11.6 Å². The van der Waals surface area contributed by atoms with E-state index in [1.165, 1.54) is 0 Å². The average Bonchev–Trinajstić information content (AvgIpc) is 3.20. The van der Waals surface area contributed by atoms with Crippen LogP contribution in [-0.2, 0) is 0 Å². The molecule has 1 fully saturated rings. The van der Waals surface area contributed by atoms with Gasteiger partial charge in [0.05, 0.1) is 16.1 Å². The predicted octanol–water partition coefficient (Wildman–Crippen LogP) is 2.81. The highest BCUT2D eigenvalue weighted by Gasteiger charge is 2.22. The van der Waals surface area contributed by atoms with Crippen LogP contribution in [0, 0.1) is 0 Å². The Balaban J connectivity index is 1.54. The number of carbonyl (C=O) groups excluding carboxylic acids is 2. The van der Waals surface area contributed by atoms with E-state index in [0.717, 1.165) is 25.9 Å². The molecule has 1 aromatic carbocycles. The van der Waals surface area contributed by atoms with E-state index in [0.29, 0.717) is 35.1 Å². The Kier molecular flexibility index (Phi) is 6.07. The average molecular weight is 373 g/mol. The number of rotatable bonds is 6. The van der Waals surface area contributed by atoms with Crippen molar-refractivity contribution in [2.24, 2.45) is 0 Å². The molecule has 7 heteroatoms. The minimum Gasteiger partial charge on any atom is -0.368 e. The molecule has 0 saturated carbocycles. The van der Waals surface area contributed by atoms with Crippen molar-refractivity contribution >= 4 is 29.2 Å². The standard InChI is InChI=1S/C19H21ClN4O2/c20-16-8-2-1-6-14(16)18(25)23-11-10-22-17-15(7-5-9-21-17)19(26)24-12-3-4-13-24/h1-2,5-9H,3-4,10-13H2,(H,21,22)(H,23,25). The first-order chi connectivity index (χ1) is 12.7. The zero-order chi connectivity index (χ0) is 18.4. The Hall–Kier alpha value is -2.60. The Bertz CT molecular complexity index is 791. The molecule has 26 heavy (non-hydrogen) atoms. The SMILES string of the molecule is O=C(NCCNc1ncccc1C(=O)N1CCCC1)c1ccccc1Cl. The van der Waals surface area contributed by atoms with Crippen molar-refractivity contribution in [2.45, 2.75) is 12.8 Å². The number of nitrogens with zero attached hydrogens (tertiary/aromatic N) is 2. The van der Waals surface area contributed by atoms with Gasteiger partial charge in [-0.05, 0) is 37.1 Å². The largest absolute Gasteiger partial charge is 0.368 e. The summed E-state index contributed by atoms with van der Waals surface area (Å²) >= 11 is 6.02. The van der Waals surface area contributed by atoms with Gasteiger partial charge in [-0.15, -0.1) is 0 Å². The van der Waals surface area contributed by atoms with Gasteiger partial charge >= 0.3 is 0 Å². The molecule has 3 rings (SSSR count). The highest BCUT2D eigenvalue weighted by Crippen LogP contribution is 2.18. The van der Waals surface area contributed by atoms with Gasteiger partial charge in [-0.1, -0.05) is 23.7 Å². The van der Waals surface area contributed by atoms with Crippen LogP contribution in [0.1, 0.15) is 33.6 Å². The van der Waals surface area contributed by atoms with Gasteiger partial charge in [-0.25, -0.2) is 4.98 Å². The van der Waals surface area contributed by atoms with Crippen LogP contribution in [0.3, 0.4) is 0 Å². The van der Waals surface area contributed by atoms with Gasteiger partial charge in [0.25, 0.3) is 11.8 Å². The molecule has 6 nitrogen and oxygen atoms in total. The van der Waals surface area contributed by atoms with Crippen molar-refractivity contribution in [3.05, 3.63) is 58.7 Å². The number of likely N-dealkylation sites (tertiary alicyclic amines) is 1. The molecule has 0 aliphatic carbocycles. The monoisotopic (exact) mass is 372 g/mol. The number of nitrogens with one attached hydrogen (secondary N) is 2. The fraction of sp³-hybridized carbons (Fsp3) is 0.316. The van der Waals surface area contributed by atoms with Gasteiger partial charge in [0.2, 0.25) is 0 Å². The number of pyridine rings is 1. The van der Waals surface area contributed by atoms with Crippen molar-refractivity contribution in [1.82, 2.24) is 15.2 Å². The number of anilines is 1. The second-order valence-corrected chi connectivity index (χ2v) is 6.47. The van der Waals surface area contributed by atoms with E-state index in [-0.39, 0.29) is 11.8 Å². The quantitative estimate of drug-likeness (QED) is 0.765. The number of hydrogen-bond acceptors (Lipinski definition) is 4. The van der Waals surface area contributed by atoms with E-state index in [9.17, 15) is 9.59 Å². The van der Waals surface area contributed by atoms with Crippen molar-refractivity contribution < 1.29 is 9.59 Å². The van der Waals surface area contributed by atoms with Crippen LogP contribution in [0.2, 0.25) is 5.02 Å². The third kappa shape index (κ3) is 4.32. The molecule has 0 atom stereocenters. The fourth-order valence-electron chi connectivity index (χ4n) is 2.91. The van der Waals surface area contributed by atoms with Crippen LogP contribution in [0.5, 0.6) is 0 Å². The second kappa shape index (κ2) is 8.67. The van der Waals surface area contributed by atoms with Gasteiger partial charge < -0.3 is 15.5 Å². The van der Waals surface area contributed by atoms with Crippen LogP contribution in [0.15, 0.2) is 42.6 Å². The van der Waals surface area contributed by atoms with Crippen molar-refractivity contribution in [3.63, 3.8) is 0 Å². The lowest BCUT2D eigenvalue weighted by Gasteiger charge is -2.17. The summed E-state index contributed by atoms with van der Waals surface area (Å²) in [4.78, 5) is 30.8. The Morgan fingerprint density at radius 3 is 2.54 bits per heavy atom. The van der Waals surface area contributed by atoms with E-state index < -0.39 is 0 Å². The molecule has 0 radical (unpaired) electrons. The minimum absolute atomic E-state index is 0.00166. The Labute approximate surface area is 157 Å². The molecule has 136 valence electrons. The smallest absolute Gasteiger partial charge is 0.257 e. The van der Waals surface area contributed by atoms with Gasteiger partial charge in [-0.2, -0.15) is 0 Å². The van der Waals surface area contributed by atoms with Crippen LogP contribution in [-0.4, -0.2) is 47.9 Å². The molecular formula is C19H21ClN4O2. The third-order valence-electron chi connectivity index (χ3n) is 4.25. The molecule has 1 aliphatic heterocycles. The molecule has 2 heterocycles. The van der Waals surface area contributed by atoms with Crippen molar-refractivity contribution in [2.75, 3.05) is 31.5 Å². The summed E-state index contributed by atoms with van der Waals surface area (Å²) in [5, 5.41) is 6.36. The predicted molar refractivity (Wildman–Crippen MR) is 102 cm³/mol. The van der Waals surface area contributed by atoms with Gasteiger partial charge in [0, 0.05) is 32.4 Å². The Morgan fingerprint density at radius 2 is 1.77 bits per heavy atom. The number of halogens is 1. The van der Waals surface area contributed by atoms with E-state index in [1.807, 2.05) is 4.90 Å². The number of aromatic nitrogens is 1. The Morgan fingerprint density at radius 1 is 1.04 bits per heavy atom. The maximum atomic E-state index is 12.6. The minimum atomic E-state index is -0.230. The molecule has 0 spiro atoms. The lowest BCUT2D eigenvalue weighted by Crippen LogP contribution is -2.31. The topological polar surface area (TPSA) is 74.3 Å². The van der Waals surface area contributed by atoms with Crippen molar-refractivity contribution in [1.29, 1.82) is 0 Å². The summed E-state index contributed by atoms with van der Waals surface area (Å²) in [6.07, 6.45) is 3.73. The summed E-state index contributed by atoms with van der Waals surface area (Å²) in [6, 6.07) is 10.4. The molecular weight excluding hydrogens is 352 g/mol. The third-order valence-corrected chi connectivity index (χ3v) is 4.58. The van der Waals surface area contributed by atoms with E-state index >= 15 is 0 Å². The maximum Gasteiger partial charge on any atom is 0.257 e. The number of benzene rings is 1. The van der Waals surface area contributed by atoms with Crippen molar-refractivity contribution in [3.8, 4) is 0 Å². The lowest BCUT2D eigenvalue weighted by molar-refractivity contribution is 0.0793. The van der Waals surface area contributed by atoms with E-state index in [2.05, 4.69) is 15.6 Å². The fourth-order valence-corrected chi connectivity index (χ4v) is 3.13. The molecule has 0 unspecified atom stereocenters. The normalized spacial score (nSPS) is 13.5. The molecule has 1 saturated heterocycles. The van der Waals surface area contributed by atoms with Gasteiger partial charge in [-0.3, -0.25) is 9.59 Å². The molecule has 1 aliphatic rings. The summed E-state index contributed by atoms with van der Waals surface area (Å²) in [5.41, 5.74) is 1.00. The summed E-state index contributed by atoms with van der Waals surface area (Å²) in [7, 11) is 0. The summed E-state index contributed by atoms with van der Waals surface area (Å²) in [5.74, 6) is 0.307. The zero-order valence-electron chi connectivity index (χ0n) is 14.4. The highest BCUT2D eigenvalue weighted by atomic mass is 35.5. The first-order valence-electron chi connectivity index (χ1n) is 8.67. The van der Waals surface area contributed by atoms with Gasteiger partial charge in [0.15, 0.2) is 0 Å². The van der Waals surface area contributed by atoms with Crippen LogP contribution >= 0.6 is 11.6 Å². The molecule has 0 bridgehead atoms. The maximum absolute atomic E-state index is 12.6. The summed E-state index contributed by atoms with van der Waals surface area (Å²) in [6.45, 7) is 2.42. The summed E-state index contributed by atoms with van der Waals surface area (Å²) < 4.78 is 0. The van der Waals surface area contributed by atoms with Crippen LogP contribution < -0.4 is 10.6 Å². The molecule has 1 aromatic heterocycles. The highest BCUT2D eigenvalue weighted by molar-refractivity contribution is 6.33. The van der Waals surface area contributed by atoms with E-state index in [1.54, 1.807) is 42.6 Å².